The third-order valence-corrected chi connectivity index (χ3v) is 7.20. The Labute approximate surface area is 215 Å². The summed E-state index contributed by atoms with van der Waals surface area (Å²) in [6.45, 7) is 0.199. The first-order valence-corrected chi connectivity index (χ1v) is 12.2. The van der Waals surface area contributed by atoms with Gasteiger partial charge in [-0.15, -0.1) is 0 Å². The van der Waals surface area contributed by atoms with Gasteiger partial charge in [0.25, 0.3) is 0 Å². The molecule has 0 amide bonds. The number of ketones is 1. The maximum absolute atomic E-state index is 13.9. The van der Waals surface area contributed by atoms with Gasteiger partial charge < -0.3 is 34.3 Å². The molecule has 0 fully saturated rings. The largest absolute Gasteiger partial charge is 0.493 e. The van der Waals surface area contributed by atoms with Crippen molar-refractivity contribution < 1.29 is 28.5 Å². The number of anilines is 2. The van der Waals surface area contributed by atoms with E-state index in [0.717, 1.165) is 33.8 Å². The van der Waals surface area contributed by atoms with Gasteiger partial charge in [-0.3, -0.25) is 4.79 Å². The van der Waals surface area contributed by atoms with Gasteiger partial charge in [-0.25, -0.2) is 0 Å². The zero-order valence-corrected chi connectivity index (χ0v) is 20.9. The van der Waals surface area contributed by atoms with Crippen LogP contribution in [0.2, 0.25) is 0 Å². The van der Waals surface area contributed by atoms with Crippen LogP contribution in [0, 0.1) is 0 Å². The Morgan fingerprint density at radius 2 is 1.54 bits per heavy atom. The SMILES string of the molecule is COc1cc([C@@H]2CC(=O)C3=C(C2)Nc2ccccc2N[C@@H]3c2ccc3c(c2)OCO3)cc(OC)c1OC. The van der Waals surface area contributed by atoms with Crippen LogP contribution >= 0.6 is 0 Å². The Morgan fingerprint density at radius 3 is 2.27 bits per heavy atom. The molecule has 2 heterocycles. The second-order valence-electron chi connectivity index (χ2n) is 9.24. The van der Waals surface area contributed by atoms with Crippen molar-refractivity contribution in [3.05, 3.63) is 77.0 Å². The Bertz CT molecular complexity index is 1390. The summed E-state index contributed by atoms with van der Waals surface area (Å²) in [5.74, 6) is 3.09. The highest BCUT2D eigenvalue weighted by Crippen LogP contribution is 2.48. The van der Waals surface area contributed by atoms with E-state index in [0.29, 0.717) is 41.6 Å². The van der Waals surface area contributed by atoms with Crippen LogP contribution in [0.1, 0.15) is 35.9 Å². The zero-order valence-electron chi connectivity index (χ0n) is 20.9. The molecule has 190 valence electrons. The first-order valence-electron chi connectivity index (χ1n) is 12.2. The third-order valence-electron chi connectivity index (χ3n) is 7.20. The lowest BCUT2D eigenvalue weighted by atomic mass is 9.78. The van der Waals surface area contributed by atoms with Crippen molar-refractivity contribution in [1.29, 1.82) is 0 Å². The minimum atomic E-state index is -0.339. The van der Waals surface area contributed by atoms with Gasteiger partial charge in [0.15, 0.2) is 28.8 Å². The molecule has 8 heteroatoms. The zero-order chi connectivity index (χ0) is 25.5. The van der Waals surface area contributed by atoms with E-state index >= 15 is 0 Å². The second-order valence-corrected chi connectivity index (χ2v) is 9.24. The van der Waals surface area contributed by atoms with Crippen LogP contribution in [0.4, 0.5) is 11.4 Å². The molecule has 6 rings (SSSR count). The van der Waals surface area contributed by atoms with Crippen LogP contribution < -0.4 is 34.3 Å². The average molecular weight is 501 g/mol. The van der Waals surface area contributed by atoms with Crippen molar-refractivity contribution in [1.82, 2.24) is 0 Å². The minimum Gasteiger partial charge on any atom is -0.493 e. The number of Topliss-reactive ketones (excluding diaryl/α,β-unsaturated/α-hetero) is 1. The minimum absolute atomic E-state index is 0.0601. The smallest absolute Gasteiger partial charge is 0.231 e. The number of carbonyl (C=O) groups is 1. The predicted molar refractivity (Wildman–Crippen MR) is 139 cm³/mol. The molecule has 0 aromatic heterocycles. The topological polar surface area (TPSA) is 87.3 Å². The molecule has 1 aliphatic carbocycles. The number of para-hydroxylation sites is 2. The first kappa shape index (κ1) is 23.1. The molecule has 8 nitrogen and oxygen atoms in total. The fourth-order valence-electron chi connectivity index (χ4n) is 5.41. The molecule has 2 N–H and O–H groups in total. The van der Waals surface area contributed by atoms with Crippen LogP contribution in [0.15, 0.2) is 65.9 Å². The third kappa shape index (κ3) is 3.98. The van der Waals surface area contributed by atoms with Gasteiger partial charge in [-0.1, -0.05) is 18.2 Å². The lowest BCUT2D eigenvalue weighted by molar-refractivity contribution is -0.116. The Kier molecular flexibility index (Phi) is 5.79. The predicted octanol–water partition coefficient (Wildman–Crippen LogP) is 5.42. The summed E-state index contributed by atoms with van der Waals surface area (Å²) in [5.41, 5.74) is 5.39. The number of allylic oxidation sites excluding steroid dienone is 1. The van der Waals surface area contributed by atoms with E-state index in [1.165, 1.54) is 0 Å². The highest BCUT2D eigenvalue weighted by Gasteiger charge is 2.37. The molecule has 37 heavy (non-hydrogen) atoms. The summed E-state index contributed by atoms with van der Waals surface area (Å²) in [7, 11) is 4.77. The molecule has 3 aliphatic rings. The number of benzene rings is 3. The molecule has 0 saturated carbocycles. The fourth-order valence-corrected chi connectivity index (χ4v) is 5.41. The normalized spacial score (nSPS) is 19.7. The standard InChI is InChI=1S/C29H28N2O6/c1-33-25-13-18(14-26(34-2)29(25)35-3)17-10-21-27(22(32)11-17)28(31-20-7-5-4-6-19(20)30-21)16-8-9-23-24(12-16)37-15-36-23/h4-9,12-14,17,28,30-31H,10-11,15H2,1-3H3/t17-,28+/m0/s1. The van der Waals surface area contributed by atoms with Gasteiger partial charge in [0, 0.05) is 17.7 Å². The van der Waals surface area contributed by atoms with Gasteiger partial charge in [0.1, 0.15) is 0 Å². The molecule has 0 spiro atoms. The number of ether oxygens (including phenoxy) is 5. The number of methoxy groups -OCH3 is 3. The Balaban J connectivity index is 1.44. The first-order chi connectivity index (χ1) is 18.1. The lowest BCUT2D eigenvalue weighted by Crippen LogP contribution is -2.27. The quantitative estimate of drug-likeness (QED) is 0.480. The molecule has 2 aliphatic heterocycles. The lowest BCUT2D eigenvalue weighted by Gasteiger charge is -2.30. The van der Waals surface area contributed by atoms with E-state index in [4.69, 9.17) is 23.7 Å². The van der Waals surface area contributed by atoms with Crippen molar-refractivity contribution >= 4 is 17.2 Å². The number of fused-ring (bicyclic) bond motifs is 2. The summed E-state index contributed by atoms with van der Waals surface area (Å²) in [5, 5.41) is 7.19. The number of rotatable bonds is 5. The van der Waals surface area contributed by atoms with Crippen molar-refractivity contribution in [2.24, 2.45) is 0 Å². The number of carbonyl (C=O) groups excluding carboxylic acids is 1. The highest BCUT2D eigenvalue weighted by atomic mass is 16.7. The van der Waals surface area contributed by atoms with Crippen molar-refractivity contribution in [2.45, 2.75) is 24.8 Å². The Hall–Kier alpha value is -4.33. The molecule has 0 bridgehead atoms. The molecule has 0 radical (unpaired) electrons. The van der Waals surface area contributed by atoms with E-state index in [1.807, 2.05) is 54.6 Å². The van der Waals surface area contributed by atoms with Gasteiger partial charge in [0.2, 0.25) is 12.5 Å². The Morgan fingerprint density at radius 1 is 0.811 bits per heavy atom. The monoisotopic (exact) mass is 500 g/mol. The van der Waals surface area contributed by atoms with Gasteiger partial charge >= 0.3 is 0 Å². The van der Waals surface area contributed by atoms with E-state index in [9.17, 15) is 4.79 Å². The van der Waals surface area contributed by atoms with Crippen LogP contribution in [0.5, 0.6) is 28.7 Å². The number of nitrogens with one attached hydrogen (secondary N) is 2. The highest BCUT2D eigenvalue weighted by molar-refractivity contribution is 6.01. The van der Waals surface area contributed by atoms with Gasteiger partial charge in [-0.05, 0) is 59.9 Å². The van der Waals surface area contributed by atoms with E-state index in [-0.39, 0.29) is 24.5 Å². The second kappa shape index (κ2) is 9.28. The molecule has 3 aromatic rings. The summed E-state index contributed by atoms with van der Waals surface area (Å²) in [6, 6.07) is 17.4. The number of hydrogen-bond donors (Lipinski definition) is 2. The van der Waals surface area contributed by atoms with Crippen LogP contribution in [-0.4, -0.2) is 33.9 Å². The maximum Gasteiger partial charge on any atom is 0.231 e. The summed E-state index contributed by atoms with van der Waals surface area (Å²) in [4.78, 5) is 13.9. The molecule has 0 saturated heterocycles. The van der Waals surface area contributed by atoms with E-state index < -0.39 is 0 Å². The average Bonchev–Trinajstić information content (AvgIpc) is 3.32. The van der Waals surface area contributed by atoms with Gasteiger partial charge in [0.05, 0.1) is 38.7 Å². The molecule has 0 unspecified atom stereocenters. The van der Waals surface area contributed by atoms with E-state index in [2.05, 4.69) is 10.6 Å². The molecule has 2 atom stereocenters. The van der Waals surface area contributed by atoms with Crippen molar-refractivity contribution in [3.63, 3.8) is 0 Å². The summed E-state index contributed by atoms with van der Waals surface area (Å²) in [6.07, 6.45) is 1.01. The number of hydrogen-bond acceptors (Lipinski definition) is 8. The fraction of sp³-hybridized carbons (Fsp3) is 0.276. The van der Waals surface area contributed by atoms with Crippen LogP contribution in [0.3, 0.4) is 0 Å². The summed E-state index contributed by atoms with van der Waals surface area (Å²) >= 11 is 0. The molecular formula is C29H28N2O6. The summed E-state index contributed by atoms with van der Waals surface area (Å²) < 4.78 is 27.8. The molecular weight excluding hydrogens is 472 g/mol. The van der Waals surface area contributed by atoms with Crippen molar-refractivity contribution in [2.75, 3.05) is 38.8 Å². The van der Waals surface area contributed by atoms with E-state index in [1.54, 1.807) is 21.3 Å². The van der Waals surface area contributed by atoms with Crippen LogP contribution in [0.25, 0.3) is 0 Å². The van der Waals surface area contributed by atoms with Gasteiger partial charge in [-0.2, -0.15) is 0 Å². The maximum atomic E-state index is 13.9. The molecule has 3 aromatic carbocycles. The van der Waals surface area contributed by atoms with Crippen LogP contribution in [-0.2, 0) is 4.79 Å². The van der Waals surface area contributed by atoms with Crippen molar-refractivity contribution in [3.8, 4) is 28.7 Å².